The SMILES string of the molecule is Cc1csc(Nc2nccnc2[C@H]2CCCN(Cc3nccn3C)C2)n1. The van der Waals surface area contributed by atoms with Gasteiger partial charge in [-0.25, -0.2) is 15.0 Å². The normalized spacial score (nSPS) is 18.2. The smallest absolute Gasteiger partial charge is 0.188 e. The lowest BCUT2D eigenvalue weighted by Gasteiger charge is -2.32. The third-order valence-corrected chi connectivity index (χ3v) is 5.62. The van der Waals surface area contributed by atoms with Gasteiger partial charge in [0, 0.05) is 49.7 Å². The van der Waals surface area contributed by atoms with Crippen LogP contribution in [0.5, 0.6) is 0 Å². The molecule has 1 aliphatic heterocycles. The van der Waals surface area contributed by atoms with Crippen molar-refractivity contribution in [2.45, 2.75) is 32.2 Å². The first kappa shape index (κ1) is 17.1. The van der Waals surface area contributed by atoms with Crippen LogP contribution in [0.1, 0.15) is 36.0 Å². The van der Waals surface area contributed by atoms with Crippen LogP contribution < -0.4 is 5.32 Å². The Balaban J connectivity index is 1.50. The monoisotopic (exact) mass is 369 g/mol. The summed E-state index contributed by atoms with van der Waals surface area (Å²) in [6.07, 6.45) is 9.66. The molecule has 136 valence electrons. The third kappa shape index (κ3) is 3.76. The summed E-state index contributed by atoms with van der Waals surface area (Å²) in [5, 5.41) is 6.26. The minimum absolute atomic E-state index is 0.362. The van der Waals surface area contributed by atoms with Crippen molar-refractivity contribution in [3.05, 3.63) is 47.4 Å². The molecule has 3 aromatic heterocycles. The zero-order chi connectivity index (χ0) is 17.9. The summed E-state index contributed by atoms with van der Waals surface area (Å²) in [5.74, 6) is 2.29. The molecule has 4 heterocycles. The van der Waals surface area contributed by atoms with Crippen molar-refractivity contribution in [1.29, 1.82) is 0 Å². The molecule has 7 nitrogen and oxygen atoms in total. The van der Waals surface area contributed by atoms with Crippen LogP contribution in [0.3, 0.4) is 0 Å². The van der Waals surface area contributed by atoms with Gasteiger partial charge in [-0.15, -0.1) is 11.3 Å². The minimum atomic E-state index is 0.362. The van der Waals surface area contributed by atoms with Gasteiger partial charge in [-0.2, -0.15) is 0 Å². The molecule has 1 aliphatic rings. The third-order valence-electron chi connectivity index (χ3n) is 4.75. The summed E-state index contributed by atoms with van der Waals surface area (Å²) in [4.78, 5) is 20.6. The zero-order valence-electron chi connectivity index (χ0n) is 15.1. The van der Waals surface area contributed by atoms with E-state index in [2.05, 4.69) is 34.7 Å². The average molecular weight is 369 g/mol. The largest absolute Gasteiger partial charge is 0.337 e. The number of thiazole rings is 1. The first-order valence-electron chi connectivity index (χ1n) is 8.87. The Morgan fingerprint density at radius 1 is 1.23 bits per heavy atom. The maximum absolute atomic E-state index is 4.66. The molecule has 4 rings (SSSR count). The van der Waals surface area contributed by atoms with E-state index in [1.165, 1.54) is 0 Å². The van der Waals surface area contributed by atoms with E-state index in [1.54, 1.807) is 23.7 Å². The summed E-state index contributed by atoms with van der Waals surface area (Å²) in [6, 6.07) is 0. The molecule has 0 radical (unpaired) electrons. The van der Waals surface area contributed by atoms with Gasteiger partial charge in [-0.05, 0) is 26.3 Å². The maximum atomic E-state index is 4.66. The molecule has 1 fully saturated rings. The van der Waals surface area contributed by atoms with Crippen molar-refractivity contribution >= 4 is 22.3 Å². The van der Waals surface area contributed by atoms with Crippen molar-refractivity contribution in [3.8, 4) is 0 Å². The topological polar surface area (TPSA) is 71.8 Å². The van der Waals surface area contributed by atoms with Gasteiger partial charge in [-0.1, -0.05) is 0 Å². The molecular weight excluding hydrogens is 346 g/mol. The van der Waals surface area contributed by atoms with E-state index in [0.29, 0.717) is 5.92 Å². The van der Waals surface area contributed by atoms with E-state index >= 15 is 0 Å². The van der Waals surface area contributed by atoms with Gasteiger partial charge in [0.15, 0.2) is 10.9 Å². The van der Waals surface area contributed by atoms with Crippen LogP contribution in [0.4, 0.5) is 10.9 Å². The van der Waals surface area contributed by atoms with Gasteiger partial charge in [0.2, 0.25) is 0 Å². The molecule has 3 aromatic rings. The average Bonchev–Trinajstić information content (AvgIpc) is 3.24. The Kier molecular flexibility index (Phi) is 4.94. The first-order chi connectivity index (χ1) is 12.7. The second-order valence-corrected chi connectivity index (χ2v) is 7.60. The summed E-state index contributed by atoms with van der Waals surface area (Å²) in [7, 11) is 2.05. The lowest BCUT2D eigenvalue weighted by molar-refractivity contribution is 0.193. The highest BCUT2D eigenvalue weighted by molar-refractivity contribution is 7.13. The number of anilines is 2. The molecule has 0 amide bonds. The number of piperidine rings is 1. The van der Waals surface area contributed by atoms with Crippen LogP contribution in [0.15, 0.2) is 30.2 Å². The van der Waals surface area contributed by atoms with Gasteiger partial charge < -0.3 is 9.88 Å². The molecule has 0 unspecified atom stereocenters. The first-order valence-corrected chi connectivity index (χ1v) is 9.75. The molecule has 0 bridgehead atoms. The Hall–Kier alpha value is -2.32. The van der Waals surface area contributed by atoms with Crippen LogP contribution in [0.25, 0.3) is 0 Å². The van der Waals surface area contributed by atoms with Crippen LogP contribution in [-0.4, -0.2) is 42.5 Å². The van der Waals surface area contributed by atoms with Crippen molar-refractivity contribution < 1.29 is 0 Å². The van der Waals surface area contributed by atoms with E-state index in [1.807, 2.05) is 31.7 Å². The quantitative estimate of drug-likeness (QED) is 0.745. The molecule has 0 saturated carbocycles. The Labute approximate surface area is 157 Å². The predicted octanol–water partition coefficient (Wildman–Crippen LogP) is 3.10. The summed E-state index contributed by atoms with van der Waals surface area (Å²) >= 11 is 1.59. The van der Waals surface area contributed by atoms with Gasteiger partial charge in [-0.3, -0.25) is 9.88 Å². The number of likely N-dealkylation sites (tertiary alicyclic amines) is 1. The summed E-state index contributed by atoms with van der Waals surface area (Å²) in [5.41, 5.74) is 2.05. The Morgan fingerprint density at radius 2 is 2.12 bits per heavy atom. The van der Waals surface area contributed by atoms with Crippen LogP contribution in [-0.2, 0) is 13.6 Å². The fourth-order valence-electron chi connectivity index (χ4n) is 3.43. The molecule has 0 aromatic carbocycles. The standard InChI is InChI=1S/C18H23N7S/c1-13-12-26-18(22-13)23-17-16(20-5-6-21-17)14-4-3-8-25(10-14)11-15-19-7-9-24(15)2/h5-7,9,12,14H,3-4,8,10-11H2,1-2H3,(H,21,22,23)/t14-/m0/s1. The van der Waals surface area contributed by atoms with Gasteiger partial charge >= 0.3 is 0 Å². The highest BCUT2D eigenvalue weighted by Gasteiger charge is 2.26. The van der Waals surface area contributed by atoms with Crippen molar-refractivity contribution in [3.63, 3.8) is 0 Å². The van der Waals surface area contributed by atoms with Crippen molar-refractivity contribution in [2.75, 3.05) is 18.4 Å². The number of imidazole rings is 1. The highest BCUT2D eigenvalue weighted by Crippen LogP contribution is 2.31. The zero-order valence-corrected chi connectivity index (χ0v) is 15.9. The molecule has 0 aliphatic carbocycles. The fraction of sp³-hybridized carbons (Fsp3) is 0.444. The number of nitrogens with zero attached hydrogens (tertiary/aromatic N) is 6. The van der Waals surface area contributed by atoms with Gasteiger partial charge in [0.05, 0.1) is 17.9 Å². The highest BCUT2D eigenvalue weighted by atomic mass is 32.1. The lowest BCUT2D eigenvalue weighted by atomic mass is 9.94. The molecule has 1 atom stereocenters. The maximum Gasteiger partial charge on any atom is 0.188 e. The van der Waals surface area contributed by atoms with Gasteiger partial charge in [0.1, 0.15) is 5.82 Å². The number of aryl methyl sites for hydroxylation is 2. The molecule has 1 N–H and O–H groups in total. The molecule has 0 spiro atoms. The van der Waals surface area contributed by atoms with E-state index in [4.69, 9.17) is 0 Å². The second-order valence-electron chi connectivity index (χ2n) is 6.74. The minimum Gasteiger partial charge on any atom is -0.337 e. The second kappa shape index (κ2) is 7.51. The molecule has 1 saturated heterocycles. The van der Waals surface area contributed by atoms with Crippen LogP contribution in [0.2, 0.25) is 0 Å². The summed E-state index contributed by atoms with van der Waals surface area (Å²) in [6.45, 7) is 4.93. The Morgan fingerprint density at radius 3 is 2.88 bits per heavy atom. The van der Waals surface area contributed by atoms with Gasteiger partial charge in [0.25, 0.3) is 0 Å². The number of rotatable bonds is 5. The lowest BCUT2D eigenvalue weighted by Crippen LogP contribution is -2.35. The van der Waals surface area contributed by atoms with E-state index in [0.717, 1.165) is 60.6 Å². The van der Waals surface area contributed by atoms with Crippen LogP contribution in [0, 0.1) is 6.92 Å². The fourth-order valence-corrected chi connectivity index (χ4v) is 4.11. The predicted molar refractivity (Wildman–Crippen MR) is 103 cm³/mol. The van der Waals surface area contributed by atoms with E-state index < -0.39 is 0 Å². The van der Waals surface area contributed by atoms with E-state index in [9.17, 15) is 0 Å². The molecular formula is C18H23N7S. The van der Waals surface area contributed by atoms with E-state index in [-0.39, 0.29) is 0 Å². The van der Waals surface area contributed by atoms with Crippen molar-refractivity contribution in [1.82, 2.24) is 29.4 Å². The molecule has 26 heavy (non-hydrogen) atoms. The number of aromatic nitrogens is 5. The number of nitrogens with one attached hydrogen (secondary N) is 1. The molecule has 8 heteroatoms. The summed E-state index contributed by atoms with van der Waals surface area (Å²) < 4.78 is 2.09. The van der Waals surface area contributed by atoms with Crippen LogP contribution >= 0.6 is 11.3 Å². The number of hydrogen-bond donors (Lipinski definition) is 1. The number of hydrogen-bond acceptors (Lipinski definition) is 7. The Bertz CT molecular complexity index is 872. The van der Waals surface area contributed by atoms with Crippen molar-refractivity contribution in [2.24, 2.45) is 7.05 Å².